The van der Waals surface area contributed by atoms with Gasteiger partial charge >= 0.3 is 0 Å². The Morgan fingerprint density at radius 1 is 1.20 bits per heavy atom. The molecule has 0 radical (unpaired) electrons. The van der Waals surface area contributed by atoms with Crippen LogP contribution in [0.25, 0.3) is 0 Å². The van der Waals surface area contributed by atoms with Crippen molar-refractivity contribution >= 4 is 21.6 Å². The maximum Gasteiger partial charge on any atom is 0.0415 e. The largest absolute Gasteiger partial charge is 0.372 e. The minimum Gasteiger partial charge on any atom is -0.372 e. The SMILES string of the molecule is CCCCN(CC)c1ccc(Br)cc1C(C)NCCC. The summed E-state index contributed by atoms with van der Waals surface area (Å²) in [5.74, 6) is 0. The van der Waals surface area contributed by atoms with E-state index in [0.717, 1.165) is 24.1 Å². The monoisotopic (exact) mass is 340 g/mol. The molecular formula is C17H29BrN2. The number of hydrogen-bond acceptors (Lipinski definition) is 2. The van der Waals surface area contributed by atoms with Crippen LogP contribution in [0.4, 0.5) is 5.69 Å². The van der Waals surface area contributed by atoms with Crippen molar-refractivity contribution in [3.05, 3.63) is 28.2 Å². The van der Waals surface area contributed by atoms with E-state index in [2.05, 4.69) is 72.0 Å². The van der Waals surface area contributed by atoms with Crippen LogP contribution in [0, 0.1) is 0 Å². The zero-order valence-corrected chi connectivity index (χ0v) is 15.0. The molecule has 114 valence electrons. The van der Waals surface area contributed by atoms with Gasteiger partial charge in [0.15, 0.2) is 0 Å². The van der Waals surface area contributed by atoms with Crippen molar-refractivity contribution < 1.29 is 0 Å². The fourth-order valence-corrected chi connectivity index (χ4v) is 2.81. The average molecular weight is 341 g/mol. The van der Waals surface area contributed by atoms with Crippen LogP contribution in [-0.2, 0) is 0 Å². The van der Waals surface area contributed by atoms with E-state index >= 15 is 0 Å². The fraction of sp³-hybridized carbons (Fsp3) is 0.647. The Morgan fingerprint density at radius 2 is 1.95 bits per heavy atom. The maximum absolute atomic E-state index is 3.61. The third kappa shape index (κ3) is 5.10. The van der Waals surface area contributed by atoms with Crippen LogP contribution < -0.4 is 10.2 Å². The Balaban J connectivity index is 2.98. The van der Waals surface area contributed by atoms with E-state index in [4.69, 9.17) is 0 Å². The third-order valence-electron chi connectivity index (χ3n) is 3.66. The zero-order chi connectivity index (χ0) is 15.0. The highest BCUT2D eigenvalue weighted by atomic mass is 79.9. The Labute approximate surface area is 133 Å². The van der Waals surface area contributed by atoms with Crippen molar-refractivity contribution in [3.63, 3.8) is 0 Å². The zero-order valence-electron chi connectivity index (χ0n) is 13.4. The Bertz CT molecular complexity index is 393. The number of anilines is 1. The lowest BCUT2D eigenvalue weighted by molar-refractivity contribution is 0.568. The van der Waals surface area contributed by atoms with E-state index in [9.17, 15) is 0 Å². The molecule has 2 nitrogen and oxygen atoms in total. The molecule has 1 N–H and O–H groups in total. The number of benzene rings is 1. The molecule has 0 bridgehead atoms. The van der Waals surface area contributed by atoms with Crippen molar-refractivity contribution in [1.29, 1.82) is 0 Å². The van der Waals surface area contributed by atoms with E-state index in [1.807, 2.05) is 0 Å². The Hall–Kier alpha value is -0.540. The molecule has 1 atom stereocenters. The minimum absolute atomic E-state index is 0.387. The summed E-state index contributed by atoms with van der Waals surface area (Å²) < 4.78 is 1.16. The van der Waals surface area contributed by atoms with Crippen molar-refractivity contribution in [1.82, 2.24) is 5.32 Å². The summed E-state index contributed by atoms with van der Waals surface area (Å²) in [6, 6.07) is 7.05. The van der Waals surface area contributed by atoms with Gasteiger partial charge in [-0.15, -0.1) is 0 Å². The molecule has 0 aliphatic rings. The lowest BCUT2D eigenvalue weighted by Crippen LogP contribution is -2.27. The molecule has 0 amide bonds. The van der Waals surface area contributed by atoms with Crippen LogP contribution in [0.5, 0.6) is 0 Å². The van der Waals surface area contributed by atoms with Gasteiger partial charge in [0.25, 0.3) is 0 Å². The van der Waals surface area contributed by atoms with Crippen molar-refractivity contribution in [2.24, 2.45) is 0 Å². The van der Waals surface area contributed by atoms with E-state index in [-0.39, 0.29) is 0 Å². The van der Waals surface area contributed by atoms with Crippen LogP contribution in [0.1, 0.15) is 58.6 Å². The minimum atomic E-state index is 0.387. The summed E-state index contributed by atoms with van der Waals surface area (Å²) >= 11 is 3.61. The lowest BCUT2D eigenvalue weighted by Gasteiger charge is -2.28. The van der Waals surface area contributed by atoms with Crippen molar-refractivity contribution in [2.75, 3.05) is 24.5 Å². The molecule has 0 spiro atoms. The molecular weight excluding hydrogens is 312 g/mol. The molecule has 1 rings (SSSR count). The third-order valence-corrected chi connectivity index (χ3v) is 4.15. The average Bonchev–Trinajstić information content (AvgIpc) is 2.46. The quantitative estimate of drug-likeness (QED) is 0.669. The molecule has 1 unspecified atom stereocenters. The lowest BCUT2D eigenvalue weighted by atomic mass is 10.0. The smallest absolute Gasteiger partial charge is 0.0415 e. The standard InChI is InChI=1S/C17H29BrN2/c1-5-8-12-20(7-3)17-10-9-15(18)13-16(17)14(4)19-11-6-2/h9-10,13-14,19H,5-8,11-12H2,1-4H3. The van der Waals surface area contributed by atoms with Gasteiger partial charge < -0.3 is 10.2 Å². The second-order valence-electron chi connectivity index (χ2n) is 5.31. The summed E-state index contributed by atoms with van der Waals surface area (Å²) in [5.41, 5.74) is 2.77. The molecule has 0 aliphatic heterocycles. The van der Waals surface area contributed by atoms with Gasteiger partial charge in [-0.1, -0.05) is 36.2 Å². The first-order valence-electron chi connectivity index (χ1n) is 7.91. The number of halogens is 1. The van der Waals surface area contributed by atoms with Gasteiger partial charge in [0.1, 0.15) is 0 Å². The highest BCUT2D eigenvalue weighted by molar-refractivity contribution is 9.10. The summed E-state index contributed by atoms with van der Waals surface area (Å²) in [6.07, 6.45) is 3.66. The van der Waals surface area contributed by atoms with Crippen LogP contribution in [0.2, 0.25) is 0 Å². The number of rotatable bonds is 9. The van der Waals surface area contributed by atoms with Crippen LogP contribution in [0.3, 0.4) is 0 Å². The van der Waals surface area contributed by atoms with Crippen LogP contribution in [0.15, 0.2) is 22.7 Å². The normalized spacial score (nSPS) is 12.4. The summed E-state index contributed by atoms with van der Waals surface area (Å²) in [5, 5.41) is 3.60. The molecule has 3 heteroatoms. The first-order valence-corrected chi connectivity index (χ1v) is 8.71. The molecule has 0 saturated heterocycles. The second-order valence-corrected chi connectivity index (χ2v) is 6.23. The van der Waals surface area contributed by atoms with E-state index in [1.54, 1.807) is 0 Å². The molecule has 0 aliphatic carbocycles. The van der Waals surface area contributed by atoms with Gasteiger partial charge in [0, 0.05) is 29.3 Å². The topological polar surface area (TPSA) is 15.3 Å². The molecule has 20 heavy (non-hydrogen) atoms. The highest BCUT2D eigenvalue weighted by Gasteiger charge is 2.14. The van der Waals surface area contributed by atoms with E-state index in [0.29, 0.717) is 6.04 Å². The van der Waals surface area contributed by atoms with Crippen LogP contribution in [-0.4, -0.2) is 19.6 Å². The number of nitrogens with one attached hydrogen (secondary N) is 1. The second kappa shape index (κ2) is 9.41. The predicted molar refractivity (Wildman–Crippen MR) is 93.6 cm³/mol. The van der Waals surface area contributed by atoms with E-state index in [1.165, 1.54) is 30.5 Å². The fourth-order valence-electron chi connectivity index (χ4n) is 2.43. The molecule has 0 heterocycles. The Morgan fingerprint density at radius 3 is 2.55 bits per heavy atom. The van der Waals surface area contributed by atoms with Gasteiger partial charge in [-0.05, 0) is 57.0 Å². The maximum atomic E-state index is 3.61. The van der Waals surface area contributed by atoms with Gasteiger partial charge in [0.2, 0.25) is 0 Å². The summed E-state index contributed by atoms with van der Waals surface area (Å²) in [7, 11) is 0. The van der Waals surface area contributed by atoms with Gasteiger partial charge in [0.05, 0.1) is 0 Å². The van der Waals surface area contributed by atoms with Crippen molar-refractivity contribution in [3.8, 4) is 0 Å². The number of hydrogen-bond donors (Lipinski definition) is 1. The van der Waals surface area contributed by atoms with E-state index < -0.39 is 0 Å². The summed E-state index contributed by atoms with van der Waals surface area (Å²) in [6.45, 7) is 12.2. The van der Waals surface area contributed by atoms with Gasteiger partial charge in [-0.2, -0.15) is 0 Å². The molecule has 1 aromatic carbocycles. The van der Waals surface area contributed by atoms with Gasteiger partial charge in [-0.3, -0.25) is 0 Å². The van der Waals surface area contributed by atoms with Gasteiger partial charge in [-0.25, -0.2) is 0 Å². The first-order chi connectivity index (χ1) is 9.63. The molecule has 0 saturated carbocycles. The summed E-state index contributed by atoms with van der Waals surface area (Å²) in [4.78, 5) is 2.50. The van der Waals surface area contributed by atoms with Crippen molar-refractivity contribution in [2.45, 2.75) is 53.0 Å². The highest BCUT2D eigenvalue weighted by Crippen LogP contribution is 2.30. The number of nitrogens with zero attached hydrogens (tertiary/aromatic N) is 1. The Kier molecular flexibility index (Phi) is 8.24. The molecule has 0 aromatic heterocycles. The predicted octanol–water partition coefficient (Wildman–Crippen LogP) is 5.14. The molecule has 1 aromatic rings. The number of unbranched alkanes of at least 4 members (excludes halogenated alkanes) is 1. The first kappa shape index (κ1) is 17.5. The molecule has 0 fully saturated rings. The van der Waals surface area contributed by atoms with Crippen LogP contribution >= 0.6 is 15.9 Å².